The molecule has 0 bridgehead atoms. The van der Waals surface area contributed by atoms with Crippen molar-refractivity contribution in [2.24, 2.45) is 0 Å². The minimum absolute atomic E-state index is 0.0368. The fourth-order valence-corrected chi connectivity index (χ4v) is 2.12. The normalized spacial score (nSPS) is 11.1. The van der Waals surface area contributed by atoms with Gasteiger partial charge in [0.15, 0.2) is 0 Å². The number of carbonyl (C=O) groups is 2. The van der Waals surface area contributed by atoms with Crippen LogP contribution >= 0.6 is 23.2 Å². The maximum Gasteiger partial charge on any atom is 0.314 e. The number of carbonyl (C=O) groups excluding carboxylic acids is 1. The van der Waals surface area contributed by atoms with Crippen LogP contribution in [0.5, 0.6) is 0 Å². The van der Waals surface area contributed by atoms with E-state index in [1.54, 1.807) is 12.1 Å². The number of hydrogen-bond donors (Lipinski definition) is 3. The van der Waals surface area contributed by atoms with E-state index in [1.165, 1.54) is 0 Å². The molecule has 0 aliphatic rings. The van der Waals surface area contributed by atoms with E-state index in [0.29, 0.717) is 29.6 Å². The van der Waals surface area contributed by atoms with E-state index in [-0.39, 0.29) is 17.9 Å². The van der Waals surface area contributed by atoms with Gasteiger partial charge in [0.1, 0.15) is 0 Å². The second kappa shape index (κ2) is 8.25. The fraction of sp³-hybridized carbons (Fsp3) is 0.467. The summed E-state index contributed by atoms with van der Waals surface area (Å²) in [7, 11) is 0. The topological polar surface area (TPSA) is 78.4 Å². The highest BCUT2D eigenvalue weighted by molar-refractivity contribution is 6.42. The largest absolute Gasteiger partial charge is 0.481 e. The lowest BCUT2D eigenvalue weighted by Crippen LogP contribution is -2.42. The van der Waals surface area contributed by atoms with Crippen molar-refractivity contribution in [3.8, 4) is 0 Å². The van der Waals surface area contributed by atoms with E-state index in [2.05, 4.69) is 10.6 Å². The molecule has 3 N–H and O–H groups in total. The Morgan fingerprint density at radius 1 is 1.18 bits per heavy atom. The van der Waals surface area contributed by atoms with Crippen LogP contribution in [-0.2, 0) is 10.2 Å². The molecule has 22 heavy (non-hydrogen) atoms. The van der Waals surface area contributed by atoms with Gasteiger partial charge in [-0.15, -0.1) is 0 Å². The first-order chi connectivity index (χ1) is 10.2. The van der Waals surface area contributed by atoms with Gasteiger partial charge in [0.05, 0.1) is 10.0 Å². The van der Waals surface area contributed by atoms with Crippen molar-refractivity contribution in [1.82, 2.24) is 10.6 Å². The first-order valence-corrected chi connectivity index (χ1v) is 7.67. The summed E-state index contributed by atoms with van der Waals surface area (Å²) >= 11 is 11.9. The number of carboxylic acid groups (broad SMARTS) is 1. The highest BCUT2D eigenvalue weighted by Crippen LogP contribution is 2.29. The molecule has 1 aromatic rings. The molecule has 122 valence electrons. The predicted octanol–water partition coefficient (Wildman–Crippen LogP) is 3.44. The molecule has 0 heterocycles. The van der Waals surface area contributed by atoms with E-state index in [1.807, 2.05) is 19.9 Å². The van der Waals surface area contributed by atoms with E-state index in [4.69, 9.17) is 28.3 Å². The smallest absolute Gasteiger partial charge is 0.314 e. The van der Waals surface area contributed by atoms with Crippen LogP contribution in [0.15, 0.2) is 18.2 Å². The molecule has 0 aliphatic carbocycles. The minimum Gasteiger partial charge on any atom is -0.481 e. The molecule has 0 radical (unpaired) electrons. The number of amides is 2. The fourth-order valence-electron chi connectivity index (χ4n) is 1.82. The summed E-state index contributed by atoms with van der Waals surface area (Å²) in [6, 6.07) is 5.07. The number of halogens is 2. The Morgan fingerprint density at radius 2 is 1.86 bits per heavy atom. The number of benzene rings is 1. The molecular formula is C15H20Cl2N2O3. The molecule has 2 amide bonds. The number of hydrogen-bond acceptors (Lipinski definition) is 2. The van der Waals surface area contributed by atoms with Gasteiger partial charge >= 0.3 is 12.0 Å². The third-order valence-corrected chi connectivity index (χ3v) is 3.98. The van der Waals surface area contributed by atoms with Crippen molar-refractivity contribution in [3.63, 3.8) is 0 Å². The van der Waals surface area contributed by atoms with Gasteiger partial charge in [0.25, 0.3) is 0 Å². The van der Waals surface area contributed by atoms with Crippen LogP contribution in [0.2, 0.25) is 10.0 Å². The van der Waals surface area contributed by atoms with Crippen LogP contribution in [0.1, 0.15) is 32.3 Å². The Hall–Kier alpha value is -1.46. The summed E-state index contributed by atoms with van der Waals surface area (Å²) in [5, 5.41) is 14.9. The van der Waals surface area contributed by atoms with Gasteiger partial charge < -0.3 is 15.7 Å². The van der Waals surface area contributed by atoms with Gasteiger partial charge in [-0.1, -0.05) is 43.1 Å². The average molecular weight is 347 g/mol. The summed E-state index contributed by atoms with van der Waals surface area (Å²) in [6.45, 7) is 4.70. The highest BCUT2D eigenvalue weighted by Gasteiger charge is 2.22. The Kier molecular flexibility index (Phi) is 6.97. The first kappa shape index (κ1) is 18.6. The number of nitrogens with one attached hydrogen (secondary N) is 2. The monoisotopic (exact) mass is 346 g/mol. The maximum absolute atomic E-state index is 11.7. The quantitative estimate of drug-likeness (QED) is 0.661. The van der Waals surface area contributed by atoms with Crippen LogP contribution in [0.25, 0.3) is 0 Å². The summed E-state index contributed by atoms with van der Waals surface area (Å²) in [5.74, 6) is -0.872. The lowest BCUT2D eigenvalue weighted by molar-refractivity contribution is -0.137. The molecule has 5 nitrogen and oxygen atoms in total. The molecule has 0 unspecified atom stereocenters. The standard InChI is InChI=1S/C15H20Cl2N2O3/c1-15(2,10-5-6-11(16)12(17)8-10)9-19-14(22)18-7-3-4-13(20)21/h5-6,8H,3-4,7,9H2,1-2H3,(H,20,21)(H2,18,19,22). The van der Waals surface area contributed by atoms with Gasteiger partial charge in [-0.25, -0.2) is 4.79 Å². The van der Waals surface area contributed by atoms with Crippen molar-refractivity contribution < 1.29 is 14.7 Å². The Labute approximate surface area is 140 Å². The zero-order valence-electron chi connectivity index (χ0n) is 12.6. The van der Waals surface area contributed by atoms with Crippen molar-refractivity contribution >= 4 is 35.2 Å². The number of urea groups is 1. The van der Waals surface area contributed by atoms with Crippen LogP contribution in [0.4, 0.5) is 4.79 Å². The van der Waals surface area contributed by atoms with Crippen molar-refractivity contribution in [1.29, 1.82) is 0 Å². The average Bonchev–Trinajstić information content (AvgIpc) is 2.44. The van der Waals surface area contributed by atoms with Gasteiger partial charge in [-0.05, 0) is 24.1 Å². The second-order valence-corrected chi connectivity index (χ2v) is 6.43. The van der Waals surface area contributed by atoms with E-state index >= 15 is 0 Å². The third-order valence-electron chi connectivity index (χ3n) is 3.24. The van der Waals surface area contributed by atoms with Crippen molar-refractivity contribution in [2.75, 3.05) is 13.1 Å². The van der Waals surface area contributed by atoms with Crippen molar-refractivity contribution in [2.45, 2.75) is 32.1 Å². The molecule has 0 saturated heterocycles. The molecule has 0 atom stereocenters. The van der Waals surface area contributed by atoms with Gasteiger partial charge in [0.2, 0.25) is 0 Å². The molecule has 7 heteroatoms. The second-order valence-electron chi connectivity index (χ2n) is 5.62. The number of carboxylic acids is 1. The van der Waals surface area contributed by atoms with Crippen molar-refractivity contribution in [3.05, 3.63) is 33.8 Å². The molecule has 0 saturated carbocycles. The molecule has 0 fully saturated rings. The van der Waals surface area contributed by atoms with Gasteiger partial charge in [-0.2, -0.15) is 0 Å². The summed E-state index contributed by atoms with van der Waals surface area (Å²) < 4.78 is 0. The van der Waals surface area contributed by atoms with Crippen LogP contribution in [-0.4, -0.2) is 30.2 Å². The van der Waals surface area contributed by atoms with Gasteiger partial charge in [-0.3, -0.25) is 4.79 Å². The minimum atomic E-state index is -0.872. The lowest BCUT2D eigenvalue weighted by Gasteiger charge is -2.26. The zero-order chi connectivity index (χ0) is 16.8. The Morgan fingerprint density at radius 3 is 2.45 bits per heavy atom. The highest BCUT2D eigenvalue weighted by atomic mass is 35.5. The predicted molar refractivity (Wildman–Crippen MR) is 87.8 cm³/mol. The molecular weight excluding hydrogens is 327 g/mol. The number of rotatable bonds is 7. The molecule has 1 aromatic carbocycles. The van der Waals surface area contributed by atoms with Gasteiger partial charge in [0, 0.05) is 24.9 Å². The number of aliphatic carboxylic acids is 1. The molecule has 0 aromatic heterocycles. The summed E-state index contributed by atoms with van der Waals surface area (Å²) in [4.78, 5) is 22.0. The SMILES string of the molecule is CC(C)(CNC(=O)NCCCC(=O)O)c1ccc(Cl)c(Cl)c1. The molecule has 1 rings (SSSR count). The van der Waals surface area contributed by atoms with Crippen LogP contribution in [0, 0.1) is 0 Å². The summed E-state index contributed by atoms with van der Waals surface area (Å²) in [5.41, 5.74) is 0.653. The Balaban J connectivity index is 2.46. The lowest BCUT2D eigenvalue weighted by atomic mass is 9.84. The van der Waals surface area contributed by atoms with Crippen LogP contribution in [0.3, 0.4) is 0 Å². The van der Waals surface area contributed by atoms with E-state index < -0.39 is 5.97 Å². The first-order valence-electron chi connectivity index (χ1n) is 6.91. The summed E-state index contributed by atoms with van der Waals surface area (Å²) in [6.07, 6.45) is 0.438. The molecule has 0 aliphatic heterocycles. The zero-order valence-corrected chi connectivity index (χ0v) is 14.1. The van der Waals surface area contributed by atoms with E-state index in [0.717, 1.165) is 5.56 Å². The van der Waals surface area contributed by atoms with E-state index in [9.17, 15) is 9.59 Å². The maximum atomic E-state index is 11.7. The van der Waals surface area contributed by atoms with Crippen LogP contribution < -0.4 is 10.6 Å². The Bertz CT molecular complexity index is 548. The third kappa shape index (κ3) is 6.12. The molecule has 0 spiro atoms.